The highest BCUT2D eigenvalue weighted by Gasteiger charge is 2.11. The lowest BCUT2D eigenvalue weighted by Gasteiger charge is -2.06. The summed E-state index contributed by atoms with van der Waals surface area (Å²) >= 11 is 0. The molecule has 5 heteroatoms. The summed E-state index contributed by atoms with van der Waals surface area (Å²) in [7, 11) is 1.59. The van der Waals surface area contributed by atoms with Crippen molar-refractivity contribution in [3.05, 3.63) is 18.0 Å². The van der Waals surface area contributed by atoms with Crippen LogP contribution in [0.15, 0.2) is 12.1 Å². The van der Waals surface area contributed by atoms with E-state index in [0.29, 0.717) is 11.5 Å². The van der Waals surface area contributed by atoms with Gasteiger partial charge < -0.3 is 15.5 Å². The molecule has 1 atom stereocenters. The number of pyridine rings is 1. The van der Waals surface area contributed by atoms with Crippen LogP contribution in [0.1, 0.15) is 38.1 Å². The van der Waals surface area contributed by atoms with Gasteiger partial charge in [-0.1, -0.05) is 19.8 Å². The number of unbranched alkanes of at least 4 members (excludes halogenated alkanes) is 1. The summed E-state index contributed by atoms with van der Waals surface area (Å²) in [6, 6.07) is 3.67. The lowest BCUT2D eigenvalue weighted by atomic mass is 10.1. The SMILES string of the molecule is CCCCC(N)c1nc2nc(OC)ccc2[nH]1. The molecule has 17 heavy (non-hydrogen) atoms. The van der Waals surface area contributed by atoms with E-state index in [1.807, 2.05) is 12.1 Å². The van der Waals surface area contributed by atoms with Gasteiger partial charge in [0.05, 0.1) is 18.7 Å². The lowest BCUT2D eigenvalue weighted by molar-refractivity contribution is 0.399. The molecule has 0 bridgehead atoms. The lowest BCUT2D eigenvalue weighted by Crippen LogP contribution is -2.11. The molecule has 2 rings (SSSR count). The maximum Gasteiger partial charge on any atom is 0.215 e. The van der Waals surface area contributed by atoms with Crippen molar-refractivity contribution >= 4 is 11.2 Å². The molecule has 5 nitrogen and oxygen atoms in total. The first-order chi connectivity index (χ1) is 8.24. The number of aromatic nitrogens is 3. The smallest absolute Gasteiger partial charge is 0.215 e. The van der Waals surface area contributed by atoms with Gasteiger partial charge in [-0.05, 0) is 12.5 Å². The fourth-order valence-electron chi connectivity index (χ4n) is 1.74. The molecule has 0 saturated carbocycles. The van der Waals surface area contributed by atoms with Crippen molar-refractivity contribution in [2.75, 3.05) is 7.11 Å². The van der Waals surface area contributed by atoms with Gasteiger partial charge in [-0.15, -0.1) is 0 Å². The van der Waals surface area contributed by atoms with Gasteiger partial charge >= 0.3 is 0 Å². The Morgan fingerprint density at radius 3 is 2.94 bits per heavy atom. The summed E-state index contributed by atoms with van der Waals surface area (Å²) in [5, 5.41) is 0. The third kappa shape index (κ3) is 2.55. The average Bonchev–Trinajstić information content (AvgIpc) is 2.78. The number of nitrogens with one attached hydrogen (secondary N) is 1. The van der Waals surface area contributed by atoms with E-state index in [1.165, 1.54) is 0 Å². The minimum absolute atomic E-state index is 0.0462. The first kappa shape index (κ1) is 11.9. The maximum absolute atomic E-state index is 6.06. The summed E-state index contributed by atoms with van der Waals surface area (Å²) in [6.45, 7) is 2.15. The molecule has 0 spiro atoms. The van der Waals surface area contributed by atoms with E-state index in [0.717, 1.165) is 30.6 Å². The molecular formula is C12H18N4O. The number of rotatable bonds is 5. The number of ether oxygens (including phenoxy) is 1. The minimum atomic E-state index is -0.0462. The van der Waals surface area contributed by atoms with Crippen molar-refractivity contribution < 1.29 is 4.74 Å². The highest BCUT2D eigenvalue weighted by atomic mass is 16.5. The van der Waals surface area contributed by atoms with Gasteiger partial charge in [0.15, 0.2) is 5.65 Å². The summed E-state index contributed by atoms with van der Waals surface area (Å²) in [5.41, 5.74) is 7.62. The van der Waals surface area contributed by atoms with Gasteiger partial charge in [0.1, 0.15) is 5.82 Å². The summed E-state index contributed by atoms with van der Waals surface area (Å²) in [4.78, 5) is 11.9. The average molecular weight is 234 g/mol. The molecule has 2 heterocycles. The molecule has 92 valence electrons. The summed E-state index contributed by atoms with van der Waals surface area (Å²) < 4.78 is 5.06. The van der Waals surface area contributed by atoms with E-state index < -0.39 is 0 Å². The van der Waals surface area contributed by atoms with Crippen molar-refractivity contribution in [3.8, 4) is 5.88 Å². The van der Waals surface area contributed by atoms with Crippen molar-refractivity contribution in [1.29, 1.82) is 0 Å². The third-order valence-electron chi connectivity index (χ3n) is 2.77. The molecule has 2 aromatic rings. The number of hydrogen-bond acceptors (Lipinski definition) is 4. The Morgan fingerprint density at radius 1 is 1.41 bits per heavy atom. The third-order valence-corrected chi connectivity index (χ3v) is 2.77. The Labute approximate surface area is 100 Å². The highest BCUT2D eigenvalue weighted by Crippen LogP contribution is 2.19. The van der Waals surface area contributed by atoms with Crippen molar-refractivity contribution in [2.24, 2.45) is 5.73 Å². The molecule has 3 N–H and O–H groups in total. The Balaban J connectivity index is 2.24. The van der Waals surface area contributed by atoms with Gasteiger partial charge in [-0.25, -0.2) is 4.98 Å². The molecule has 0 saturated heterocycles. The van der Waals surface area contributed by atoms with E-state index in [1.54, 1.807) is 7.11 Å². The fraction of sp³-hybridized carbons (Fsp3) is 0.500. The van der Waals surface area contributed by atoms with Gasteiger partial charge in [0.2, 0.25) is 5.88 Å². The molecule has 0 amide bonds. The van der Waals surface area contributed by atoms with Crippen LogP contribution in [-0.4, -0.2) is 22.1 Å². The second-order valence-corrected chi connectivity index (χ2v) is 4.10. The summed E-state index contributed by atoms with van der Waals surface area (Å²) in [5.74, 6) is 1.37. The number of nitrogens with two attached hydrogens (primary N) is 1. The van der Waals surface area contributed by atoms with Crippen LogP contribution in [0.4, 0.5) is 0 Å². The van der Waals surface area contributed by atoms with Crippen LogP contribution in [0.5, 0.6) is 5.88 Å². The maximum atomic E-state index is 6.06. The van der Waals surface area contributed by atoms with E-state index in [-0.39, 0.29) is 6.04 Å². The molecule has 0 aliphatic rings. The van der Waals surface area contributed by atoms with Gasteiger partial charge in [-0.3, -0.25) is 0 Å². The fourth-order valence-corrected chi connectivity index (χ4v) is 1.74. The first-order valence-corrected chi connectivity index (χ1v) is 5.90. The number of H-pyrrole nitrogens is 1. The highest BCUT2D eigenvalue weighted by molar-refractivity contribution is 5.71. The molecule has 0 aromatic carbocycles. The van der Waals surface area contributed by atoms with Gasteiger partial charge in [0, 0.05) is 6.07 Å². The topological polar surface area (TPSA) is 76.8 Å². The number of fused-ring (bicyclic) bond motifs is 1. The second kappa shape index (κ2) is 5.14. The van der Waals surface area contributed by atoms with Crippen LogP contribution in [0.2, 0.25) is 0 Å². The zero-order valence-electron chi connectivity index (χ0n) is 10.2. The van der Waals surface area contributed by atoms with Crippen molar-refractivity contribution in [2.45, 2.75) is 32.2 Å². The van der Waals surface area contributed by atoms with E-state index in [4.69, 9.17) is 10.5 Å². The quantitative estimate of drug-likeness (QED) is 0.831. The molecule has 2 aromatic heterocycles. The van der Waals surface area contributed by atoms with Crippen LogP contribution in [0.3, 0.4) is 0 Å². The molecular weight excluding hydrogens is 216 g/mol. The van der Waals surface area contributed by atoms with E-state index in [2.05, 4.69) is 21.9 Å². The first-order valence-electron chi connectivity index (χ1n) is 5.90. The monoisotopic (exact) mass is 234 g/mol. The minimum Gasteiger partial charge on any atom is -0.481 e. The van der Waals surface area contributed by atoms with Crippen LogP contribution < -0.4 is 10.5 Å². The predicted octanol–water partition coefficient (Wildman–Crippen LogP) is 2.16. The zero-order valence-corrected chi connectivity index (χ0v) is 10.2. The number of hydrogen-bond donors (Lipinski definition) is 2. The Kier molecular flexibility index (Phi) is 3.58. The zero-order chi connectivity index (χ0) is 12.3. The molecule has 0 aliphatic heterocycles. The van der Waals surface area contributed by atoms with Crippen molar-refractivity contribution in [1.82, 2.24) is 15.0 Å². The van der Waals surface area contributed by atoms with E-state index >= 15 is 0 Å². The van der Waals surface area contributed by atoms with Gasteiger partial charge in [0.25, 0.3) is 0 Å². The van der Waals surface area contributed by atoms with Crippen molar-refractivity contribution in [3.63, 3.8) is 0 Å². The van der Waals surface area contributed by atoms with Gasteiger partial charge in [-0.2, -0.15) is 4.98 Å². The van der Waals surface area contributed by atoms with Crippen LogP contribution in [-0.2, 0) is 0 Å². The number of aromatic amines is 1. The van der Waals surface area contributed by atoms with Crippen LogP contribution in [0.25, 0.3) is 11.2 Å². The molecule has 0 fully saturated rings. The number of nitrogens with zero attached hydrogens (tertiary/aromatic N) is 2. The largest absolute Gasteiger partial charge is 0.481 e. The second-order valence-electron chi connectivity index (χ2n) is 4.10. The summed E-state index contributed by atoms with van der Waals surface area (Å²) in [6.07, 6.45) is 3.18. The Morgan fingerprint density at radius 2 is 2.24 bits per heavy atom. The number of methoxy groups -OCH3 is 1. The molecule has 0 radical (unpaired) electrons. The van der Waals surface area contributed by atoms with Crippen LogP contribution in [0, 0.1) is 0 Å². The Bertz CT molecular complexity index is 494. The molecule has 1 unspecified atom stereocenters. The standard InChI is InChI=1S/C12H18N4O/c1-3-4-5-8(13)11-14-9-6-7-10(17-2)15-12(9)16-11/h6-8H,3-5,13H2,1-2H3,(H,14,15,16). The Hall–Kier alpha value is -1.62. The predicted molar refractivity (Wildman–Crippen MR) is 66.9 cm³/mol. The van der Waals surface area contributed by atoms with E-state index in [9.17, 15) is 0 Å². The number of imidazole rings is 1. The van der Waals surface area contributed by atoms with Crippen LogP contribution >= 0.6 is 0 Å². The molecule has 0 aliphatic carbocycles. The normalized spacial score (nSPS) is 12.9.